The zero-order valence-corrected chi connectivity index (χ0v) is 13.8. The zero-order chi connectivity index (χ0) is 17.3. The minimum atomic E-state index is -0.665. The lowest BCUT2D eigenvalue weighted by Crippen LogP contribution is -2.46. The Morgan fingerprint density at radius 1 is 1.27 bits per heavy atom. The van der Waals surface area contributed by atoms with Gasteiger partial charge in [0.1, 0.15) is 12.2 Å². The smallest absolute Gasteiger partial charge is 0.408 e. The van der Waals surface area contributed by atoms with Gasteiger partial charge in [0.2, 0.25) is 0 Å². The van der Waals surface area contributed by atoms with Crippen LogP contribution in [0.3, 0.4) is 0 Å². The Hall–Kier alpha value is -2.05. The van der Waals surface area contributed by atoms with Gasteiger partial charge < -0.3 is 19.5 Å². The van der Waals surface area contributed by atoms with Gasteiger partial charge in [-0.15, -0.1) is 6.58 Å². The van der Waals surface area contributed by atoms with Crippen molar-refractivity contribution in [1.82, 2.24) is 5.32 Å². The van der Waals surface area contributed by atoms with E-state index in [1.165, 1.54) is 20.1 Å². The van der Waals surface area contributed by atoms with Gasteiger partial charge in [-0.25, -0.2) is 4.79 Å². The van der Waals surface area contributed by atoms with E-state index in [4.69, 9.17) is 9.47 Å². The first kappa shape index (κ1) is 19.9. The maximum Gasteiger partial charge on any atom is 0.408 e. The number of amides is 1. The van der Waals surface area contributed by atoms with E-state index in [1.807, 2.05) is 0 Å². The molecule has 1 N–H and O–H groups in total. The molecule has 0 bridgehead atoms. The number of carbonyl (C=O) groups is 3. The third-order valence-electron chi connectivity index (χ3n) is 2.62. The quantitative estimate of drug-likeness (QED) is 0.438. The summed E-state index contributed by atoms with van der Waals surface area (Å²) in [6, 6.07) is -0.643. The minimum absolute atomic E-state index is 0.00172. The number of hydrogen-bond donors (Lipinski definition) is 1. The molecule has 126 valence electrons. The topological polar surface area (TPSA) is 90.9 Å². The summed E-state index contributed by atoms with van der Waals surface area (Å²) in [5.74, 6) is -1.40. The molecule has 0 aliphatic carbocycles. The highest BCUT2D eigenvalue weighted by molar-refractivity contribution is 5.71. The standard InChI is InChI=1S/C15H25NO6/c1-7-11(8-13(18)20-6)12(9-21-10(2)17)16-14(19)22-15(3,4)5/h7,11-12H,1,8-9H2,2-6H3,(H,16,19)/t11-,12-/m1/s1. The maximum atomic E-state index is 11.9. The number of alkyl carbamates (subject to hydrolysis) is 1. The van der Waals surface area contributed by atoms with Crippen molar-refractivity contribution < 1.29 is 28.6 Å². The molecule has 0 aromatic rings. The highest BCUT2D eigenvalue weighted by atomic mass is 16.6. The van der Waals surface area contributed by atoms with Gasteiger partial charge in [0.25, 0.3) is 0 Å². The number of methoxy groups -OCH3 is 1. The lowest BCUT2D eigenvalue weighted by molar-refractivity contribution is -0.142. The molecule has 7 heteroatoms. The summed E-state index contributed by atoms with van der Waals surface area (Å²) in [5, 5.41) is 2.59. The van der Waals surface area contributed by atoms with Crippen LogP contribution in [0.5, 0.6) is 0 Å². The fraction of sp³-hybridized carbons (Fsp3) is 0.667. The Morgan fingerprint density at radius 3 is 2.27 bits per heavy atom. The van der Waals surface area contributed by atoms with E-state index in [9.17, 15) is 14.4 Å². The largest absolute Gasteiger partial charge is 0.469 e. The Balaban J connectivity index is 4.92. The first-order chi connectivity index (χ1) is 10.1. The van der Waals surface area contributed by atoms with E-state index < -0.39 is 35.6 Å². The third kappa shape index (κ3) is 8.99. The van der Waals surface area contributed by atoms with Crippen LogP contribution in [-0.2, 0) is 23.8 Å². The normalized spacial score (nSPS) is 13.5. The van der Waals surface area contributed by atoms with Crippen LogP contribution in [0.1, 0.15) is 34.1 Å². The number of nitrogens with one attached hydrogen (secondary N) is 1. The minimum Gasteiger partial charge on any atom is -0.469 e. The van der Waals surface area contributed by atoms with Gasteiger partial charge in [-0.05, 0) is 20.8 Å². The predicted molar refractivity (Wildman–Crippen MR) is 80.1 cm³/mol. The molecule has 0 saturated carbocycles. The Labute approximate surface area is 131 Å². The van der Waals surface area contributed by atoms with Crippen LogP contribution >= 0.6 is 0 Å². The van der Waals surface area contributed by atoms with Gasteiger partial charge in [-0.3, -0.25) is 9.59 Å². The molecule has 0 aliphatic rings. The summed E-state index contributed by atoms with van der Waals surface area (Å²) < 4.78 is 14.7. The molecule has 0 spiro atoms. The van der Waals surface area contributed by atoms with Crippen LogP contribution in [0.4, 0.5) is 4.79 Å². The molecule has 0 aromatic heterocycles. The highest BCUT2D eigenvalue weighted by Crippen LogP contribution is 2.14. The van der Waals surface area contributed by atoms with E-state index in [0.717, 1.165) is 0 Å². The van der Waals surface area contributed by atoms with Crippen LogP contribution in [0, 0.1) is 5.92 Å². The van der Waals surface area contributed by atoms with E-state index >= 15 is 0 Å². The monoisotopic (exact) mass is 315 g/mol. The lowest BCUT2D eigenvalue weighted by atomic mass is 9.97. The first-order valence-corrected chi connectivity index (χ1v) is 6.91. The molecule has 0 rings (SSSR count). The van der Waals surface area contributed by atoms with Gasteiger partial charge in [-0.1, -0.05) is 6.08 Å². The molecule has 0 aliphatic heterocycles. The summed E-state index contributed by atoms with van der Waals surface area (Å²) in [6.07, 6.45) is 0.839. The molecular formula is C15H25NO6. The molecule has 0 saturated heterocycles. The van der Waals surface area contributed by atoms with Crippen molar-refractivity contribution in [2.75, 3.05) is 13.7 Å². The van der Waals surface area contributed by atoms with E-state index in [0.29, 0.717) is 0 Å². The molecule has 0 fully saturated rings. The first-order valence-electron chi connectivity index (χ1n) is 6.91. The second-order valence-corrected chi connectivity index (χ2v) is 5.74. The van der Waals surface area contributed by atoms with Gasteiger partial charge in [0.15, 0.2) is 0 Å². The van der Waals surface area contributed by atoms with Crippen molar-refractivity contribution in [2.24, 2.45) is 5.92 Å². The van der Waals surface area contributed by atoms with E-state index in [-0.39, 0.29) is 13.0 Å². The summed E-state index contributed by atoms with van der Waals surface area (Å²) in [7, 11) is 1.27. The summed E-state index contributed by atoms with van der Waals surface area (Å²) in [4.78, 5) is 34.3. The number of ether oxygens (including phenoxy) is 3. The maximum absolute atomic E-state index is 11.9. The molecule has 0 radical (unpaired) electrons. The van der Waals surface area contributed by atoms with Crippen molar-refractivity contribution in [2.45, 2.75) is 45.8 Å². The molecule has 0 unspecified atom stereocenters. The highest BCUT2D eigenvalue weighted by Gasteiger charge is 2.27. The predicted octanol–water partition coefficient (Wildman–Crippen LogP) is 1.81. The summed E-state index contributed by atoms with van der Waals surface area (Å²) >= 11 is 0. The number of hydrogen-bond acceptors (Lipinski definition) is 6. The average molecular weight is 315 g/mol. The molecule has 1 amide bonds. The van der Waals surface area contributed by atoms with Crippen molar-refractivity contribution in [3.63, 3.8) is 0 Å². The van der Waals surface area contributed by atoms with Crippen LogP contribution in [-0.4, -0.2) is 43.4 Å². The molecule has 22 heavy (non-hydrogen) atoms. The fourth-order valence-electron chi connectivity index (χ4n) is 1.60. The lowest BCUT2D eigenvalue weighted by Gasteiger charge is -2.27. The van der Waals surface area contributed by atoms with Crippen molar-refractivity contribution in [3.05, 3.63) is 12.7 Å². The van der Waals surface area contributed by atoms with Crippen LogP contribution in [0.15, 0.2) is 12.7 Å². The van der Waals surface area contributed by atoms with E-state index in [1.54, 1.807) is 20.8 Å². The molecule has 2 atom stereocenters. The average Bonchev–Trinajstić information content (AvgIpc) is 2.38. The Bertz CT molecular complexity index is 413. The van der Waals surface area contributed by atoms with Crippen LogP contribution < -0.4 is 5.32 Å². The molecule has 0 heterocycles. The molecule has 0 aromatic carbocycles. The van der Waals surface area contributed by atoms with Crippen molar-refractivity contribution in [3.8, 4) is 0 Å². The number of carbonyl (C=O) groups excluding carboxylic acids is 3. The fourth-order valence-corrected chi connectivity index (χ4v) is 1.60. The summed E-state index contributed by atoms with van der Waals surface area (Å²) in [6.45, 7) is 9.99. The van der Waals surface area contributed by atoms with Crippen LogP contribution in [0.25, 0.3) is 0 Å². The van der Waals surface area contributed by atoms with Gasteiger partial charge >= 0.3 is 18.0 Å². The Kier molecular flexibility index (Phi) is 8.22. The SMILES string of the molecule is C=C[C@H](CC(=O)OC)[C@@H](COC(C)=O)NC(=O)OC(C)(C)C. The molecular weight excluding hydrogens is 290 g/mol. The molecule has 7 nitrogen and oxygen atoms in total. The van der Waals surface area contributed by atoms with Crippen LogP contribution in [0.2, 0.25) is 0 Å². The number of esters is 2. The zero-order valence-electron chi connectivity index (χ0n) is 13.8. The van der Waals surface area contributed by atoms with Crippen molar-refractivity contribution >= 4 is 18.0 Å². The van der Waals surface area contributed by atoms with Gasteiger partial charge in [0.05, 0.1) is 19.6 Å². The second-order valence-electron chi connectivity index (χ2n) is 5.74. The number of rotatable bonds is 7. The van der Waals surface area contributed by atoms with Crippen molar-refractivity contribution in [1.29, 1.82) is 0 Å². The summed E-state index contributed by atoms with van der Waals surface area (Å²) in [5.41, 5.74) is -0.665. The second kappa shape index (κ2) is 9.07. The van der Waals surface area contributed by atoms with Gasteiger partial charge in [0, 0.05) is 12.8 Å². The third-order valence-corrected chi connectivity index (χ3v) is 2.62. The van der Waals surface area contributed by atoms with Gasteiger partial charge in [-0.2, -0.15) is 0 Å². The Morgan fingerprint density at radius 2 is 1.86 bits per heavy atom. The van der Waals surface area contributed by atoms with E-state index in [2.05, 4.69) is 16.6 Å².